The highest BCUT2D eigenvalue weighted by atomic mass is 16.1. The maximum Gasteiger partial charge on any atom is 0.240 e. The first-order valence-electron chi connectivity index (χ1n) is 5.10. The number of rotatable bonds is 4. The molecule has 0 saturated carbocycles. The average Bonchev–Trinajstić information content (AvgIpc) is 2.25. The summed E-state index contributed by atoms with van der Waals surface area (Å²) in [6.07, 6.45) is 0. The van der Waals surface area contributed by atoms with Crippen molar-refractivity contribution in [1.82, 2.24) is 0 Å². The van der Waals surface area contributed by atoms with E-state index in [9.17, 15) is 4.79 Å². The van der Waals surface area contributed by atoms with Gasteiger partial charge in [0.05, 0.1) is 11.6 Å². The Kier molecular flexibility index (Phi) is 3.90. The van der Waals surface area contributed by atoms with Gasteiger partial charge < -0.3 is 11.1 Å². The zero-order chi connectivity index (χ0) is 12.1. The Hall–Kier alpha value is -2.02. The van der Waals surface area contributed by atoms with E-state index in [1.54, 1.807) is 24.3 Å². The van der Waals surface area contributed by atoms with Crippen LogP contribution in [0.4, 0.5) is 5.69 Å². The maximum absolute atomic E-state index is 11.2. The van der Waals surface area contributed by atoms with Gasteiger partial charge in [-0.25, -0.2) is 0 Å². The van der Waals surface area contributed by atoms with Crippen molar-refractivity contribution in [3.63, 3.8) is 0 Å². The SMILES string of the molecule is CC(C)C(Nc1cccc(C#N)c1)C(N)=O. The number of amides is 1. The zero-order valence-corrected chi connectivity index (χ0v) is 9.40. The quantitative estimate of drug-likeness (QED) is 0.801. The summed E-state index contributed by atoms with van der Waals surface area (Å²) in [7, 11) is 0. The first-order chi connectivity index (χ1) is 7.54. The number of nitriles is 1. The minimum absolute atomic E-state index is 0.100. The van der Waals surface area contributed by atoms with Crippen LogP contribution in [-0.4, -0.2) is 11.9 Å². The highest BCUT2D eigenvalue weighted by Crippen LogP contribution is 2.14. The molecule has 3 N–H and O–H groups in total. The number of anilines is 1. The molecule has 84 valence electrons. The van der Waals surface area contributed by atoms with Crippen molar-refractivity contribution in [3.05, 3.63) is 29.8 Å². The third-order valence-electron chi connectivity index (χ3n) is 2.29. The minimum atomic E-state index is -0.422. The Labute approximate surface area is 95.1 Å². The molecule has 0 aliphatic rings. The maximum atomic E-state index is 11.2. The number of primary amides is 1. The Bertz CT molecular complexity index is 421. The summed E-state index contributed by atoms with van der Waals surface area (Å²) < 4.78 is 0. The molecular formula is C12H15N3O. The van der Waals surface area contributed by atoms with Gasteiger partial charge >= 0.3 is 0 Å². The molecule has 16 heavy (non-hydrogen) atoms. The molecule has 0 radical (unpaired) electrons. The highest BCUT2D eigenvalue weighted by Gasteiger charge is 2.18. The fourth-order valence-electron chi connectivity index (χ4n) is 1.42. The third-order valence-corrected chi connectivity index (χ3v) is 2.29. The molecule has 0 bridgehead atoms. The second kappa shape index (κ2) is 5.17. The summed E-state index contributed by atoms with van der Waals surface area (Å²) in [6, 6.07) is 8.59. The summed E-state index contributed by atoms with van der Waals surface area (Å²) in [4.78, 5) is 11.2. The Morgan fingerprint density at radius 1 is 1.50 bits per heavy atom. The Morgan fingerprint density at radius 2 is 2.19 bits per heavy atom. The monoisotopic (exact) mass is 217 g/mol. The van der Waals surface area contributed by atoms with Crippen LogP contribution >= 0.6 is 0 Å². The van der Waals surface area contributed by atoms with Gasteiger partial charge in [-0.3, -0.25) is 4.79 Å². The van der Waals surface area contributed by atoms with Crippen LogP contribution in [0, 0.1) is 17.2 Å². The van der Waals surface area contributed by atoms with Crippen molar-refractivity contribution in [1.29, 1.82) is 5.26 Å². The second-order valence-corrected chi connectivity index (χ2v) is 3.96. The molecule has 0 heterocycles. The van der Waals surface area contributed by atoms with Crippen LogP contribution in [0.2, 0.25) is 0 Å². The largest absolute Gasteiger partial charge is 0.373 e. The second-order valence-electron chi connectivity index (χ2n) is 3.96. The van der Waals surface area contributed by atoms with E-state index in [4.69, 9.17) is 11.0 Å². The van der Waals surface area contributed by atoms with Gasteiger partial charge in [-0.2, -0.15) is 5.26 Å². The Balaban J connectivity index is 2.86. The predicted molar refractivity (Wildman–Crippen MR) is 62.6 cm³/mol. The van der Waals surface area contributed by atoms with Gasteiger partial charge in [0.25, 0.3) is 0 Å². The third kappa shape index (κ3) is 2.99. The van der Waals surface area contributed by atoms with Crippen LogP contribution in [0.15, 0.2) is 24.3 Å². The van der Waals surface area contributed by atoms with Gasteiger partial charge in [-0.15, -0.1) is 0 Å². The molecule has 1 amide bonds. The van der Waals surface area contributed by atoms with Crippen molar-refractivity contribution in [2.45, 2.75) is 19.9 Å². The van der Waals surface area contributed by atoms with Crippen molar-refractivity contribution in [3.8, 4) is 6.07 Å². The van der Waals surface area contributed by atoms with Crippen LogP contribution in [-0.2, 0) is 4.79 Å². The number of carbonyl (C=O) groups excluding carboxylic acids is 1. The van der Waals surface area contributed by atoms with Crippen molar-refractivity contribution in [2.75, 3.05) is 5.32 Å². The van der Waals surface area contributed by atoms with Gasteiger partial charge in [-0.05, 0) is 24.1 Å². The van der Waals surface area contributed by atoms with Gasteiger partial charge in [-0.1, -0.05) is 19.9 Å². The van der Waals surface area contributed by atoms with Crippen LogP contribution in [0.1, 0.15) is 19.4 Å². The van der Waals surface area contributed by atoms with Crippen molar-refractivity contribution < 1.29 is 4.79 Å². The molecule has 0 aliphatic carbocycles. The number of nitrogens with two attached hydrogens (primary N) is 1. The van der Waals surface area contributed by atoms with Gasteiger partial charge in [0.2, 0.25) is 5.91 Å². The van der Waals surface area contributed by atoms with E-state index in [1.807, 2.05) is 19.9 Å². The van der Waals surface area contributed by atoms with Crippen molar-refractivity contribution >= 4 is 11.6 Å². The fraction of sp³-hybridized carbons (Fsp3) is 0.333. The van der Waals surface area contributed by atoms with E-state index < -0.39 is 11.9 Å². The molecule has 4 nitrogen and oxygen atoms in total. The zero-order valence-electron chi connectivity index (χ0n) is 9.40. The summed E-state index contributed by atoms with van der Waals surface area (Å²) in [5.41, 5.74) is 6.58. The summed E-state index contributed by atoms with van der Waals surface area (Å²) in [6.45, 7) is 3.83. The molecule has 0 aliphatic heterocycles. The predicted octanol–water partition coefficient (Wildman–Crippen LogP) is 1.48. The summed E-state index contributed by atoms with van der Waals surface area (Å²) in [5.74, 6) is -0.291. The first-order valence-corrected chi connectivity index (χ1v) is 5.10. The average molecular weight is 217 g/mol. The molecule has 1 atom stereocenters. The van der Waals surface area contributed by atoms with E-state index in [0.29, 0.717) is 5.56 Å². The summed E-state index contributed by atoms with van der Waals surface area (Å²) >= 11 is 0. The lowest BCUT2D eigenvalue weighted by Crippen LogP contribution is -2.39. The lowest BCUT2D eigenvalue weighted by atomic mass is 10.0. The van der Waals surface area contributed by atoms with Gasteiger partial charge in [0.1, 0.15) is 6.04 Å². The molecule has 1 unspecified atom stereocenters. The van der Waals surface area contributed by atoms with Gasteiger partial charge in [0, 0.05) is 5.69 Å². The number of hydrogen-bond donors (Lipinski definition) is 2. The minimum Gasteiger partial charge on any atom is -0.373 e. The molecule has 0 saturated heterocycles. The smallest absolute Gasteiger partial charge is 0.240 e. The molecule has 0 aromatic heterocycles. The Morgan fingerprint density at radius 3 is 2.69 bits per heavy atom. The van der Waals surface area contributed by atoms with Crippen LogP contribution in [0.25, 0.3) is 0 Å². The number of benzene rings is 1. The molecule has 1 rings (SSSR count). The van der Waals surface area contributed by atoms with E-state index in [0.717, 1.165) is 5.69 Å². The highest BCUT2D eigenvalue weighted by molar-refractivity contribution is 5.83. The number of nitrogens with zero attached hydrogens (tertiary/aromatic N) is 1. The molecule has 0 spiro atoms. The number of carbonyl (C=O) groups is 1. The molecule has 0 fully saturated rings. The van der Waals surface area contributed by atoms with Crippen LogP contribution in [0.3, 0.4) is 0 Å². The van der Waals surface area contributed by atoms with E-state index >= 15 is 0 Å². The van der Waals surface area contributed by atoms with E-state index in [2.05, 4.69) is 5.32 Å². The molecular weight excluding hydrogens is 202 g/mol. The lowest BCUT2D eigenvalue weighted by Gasteiger charge is -2.20. The number of hydrogen-bond acceptors (Lipinski definition) is 3. The molecule has 1 aromatic carbocycles. The standard InChI is InChI=1S/C12H15N3O/c1-8(2)11(12(14)16)15-10-5-3-4-9(6-10)7-13/h3-6,8,11,15H,1-2H3,(H2,14,16). The van der Waals surface area contributed by atoms with E-state index in [-0.39, 0.29) is 5.92 Å². The van der Waals surface area contributed by atoms with Crippen LogP contribution in [0.5, 0.6) is 0 Å². The lowest BCUT2D eigenvalue weighted by molar-refractivity contribution is -0.119. The normalized spacial score (nSPS) is 11.9. The van der Waals surface area contributed by atoms with E-state index in [1.165, 1.54) is 0 Å². The molecule has 1 aromatic rings. The number of nitrogens with one attached hydrogen (secondary N) is 1. The van der Waals surface area contributed by atoms with Gasteiger partial charge in [0.15, 0.2) is 0 Å². The summed E-state index contributed by atoms with van der Waals surface area (Å²) in [5, 5.41) is 11.8. The topological polar surface area (TPSA) is 78.9 Å². The van der Waals surface area contributed by atoms with Crippen LogP contribution < -0.4 is 11.1 Å². The fourth-order valence-corrected chi connectivity index (χ4v) is 1.42. The van der Waals surface area contributed by atoms with Crippen molar-refractivity contribution in [2.24, 2.45) is 11.7 Å². The first kappa shape index (κ1) is 12.1. The molecule has 4 heteroatoms.